The molecule has 0 saturated carbocycles. The second-order valence-electron chi connectivity index (χ2n) is 3.76. The summed E-state index contributed by atoms with van der Waals surface area (Å²) in [6, 6.07) is 1.93. The van der Waals surface area contributed by atoms with Crippen LogP contribution >= 0.6 is 11.3 Å². The van der Waals surface area contributed by atoms with Crippen LogP contribution in [0, 0.1) is 0 Å². The molecule has 82 valence electrons. The summed E-state index contributed by atoms with van der Waals surface area (Å²) in [4.78, 5) is 18.8. The number of hydrogen-bond acceptors (Lipinski definition) is 5. The van der Waals surface area contributed by atoms with E-state index in [0.29, 0.717) is 19.3 Å². The number of aldehydes is 1. The maximum Gasteiger partial charge on any atom is 0.147 e. The molecule has 0 spiro atoms. The van der Waals surface area contributed by atoms with Crippen LogP contribution in [0.3, 0.4) is 0 Å². The van der Waals surface area contributed by atoms with Gasteiger partial charge in [0.05, 0.1) is 25.9 Å². The van der Waals surface area contributed by atoms with E-state index in [2.05, 4.69) is 15.3 Å². The molecule has 0 aliphatic heterocycles. The lowest BCUT2D eigenvalue weighted by Crippen LogP contribution is -2.19. The lowest BCUT2D eigenvalue weighted by Gasteiger charge is -2.17. The molecule has 1 N–H and O–H groups in total. The first-order chi connectivity index (χ1) is 8.12. The Morgan fingerprint density at radius 2 is 2.29 bits per heavy atom. The van der Waals surface area contributed by atoms with Gasteiger partial charge >= 0.3 is 0 Å². The average molecular weight is 241 g/mol. The Morgan fingerprint density at radius 3 is 3.06 bits per heavy atom. The molecule has 2 heterocycles. The van der Waals surface area contributed by atoms with Crippen LogP contribution in [-0.2, 0) is 4.79 Å². The van der Waals surface area contributed by atoms with Crippen molar-refractivity contribution in [3.05, 3.63) is 17.8 Å². The Kier molecular flexibility index (Phi) is 3.47. The van der Waals surface area contributed by atoms with Crippen molar-refractivity contribution in [2.24, 2.45) is 0 Å². The van der Waals surface area contributed by atoms with Crippen LogP contribution < -0.4 is 5.32 Å². The molecule has 17 heavy (non-hydrogen) atoms. The second-order valence-corrected chi connectivity index (χ2v) is 4.68. The zero-order valence-electron chi connectivity index (χ0n) is 9.09. The van der Waals surface area contributed by atoms with Gasteiger partial charge in [0, 0.05) is 6.54 Å². The molecule has 0 bridgehead atoms. The Morgan fingerprint density at radius 1 is 1.47 bits per heavy atom. The fourth-order valence-corrected chi connectivity index (χ4v) is 2.18. The summed E-state index contributed by atoms with van der Waals surface area (Å²) in [5.41, 5.74) is 0.898. The molecular formula is C10H9B2N3OS. The van der Waals surface area contributed by atoms with Crippen LogP contribution in [0.15, 0.2) is 17.8 Å². The summed E-state index contributed by atoms with van der Waals surface area (Å²) in [6.45, 7) is 0.482. The second kappa shape index (κ2) is 4.87. The third-order valence-corrected chi connectivity index (χ3v) is 3.22. The Balaban J connectivity index is 2.04. The molecule has 0 aromatic carbocycles. The molecule has 2 aromatic heterocycles. The van der Waals surface area contributed by atoms with Gasteiger partial charge in [0.25, 0.3) is 0 Å². The van der Waals surface area contributed by atoms with E-state index in [-0.39, 0.29) is 0 Å². The Labute approximate surface area is 106 Å². The van der Waals surface area contributed by atoms with E-state index in [9.17, 15) is 4.79 Å². The quantitative estimate of drug-likeness (QED) is 0.629. The van der Waals surface area contributed by atoms with Crippen LogP contribution in [-0.4, -0.2) is 38.5 Å². The highest BCUT2D eigenvalue weighted by molar-refractivity contribution is 7.17. The number of anilines is 1. The van der Waals surface area contributed by atoms with E-state index in [1.165, 1.54) is 6.33 Å². The molecular weight excluding hydrogens is 232 g/mol. The standard InChI is InChI=1S/C10H9B2N3OS/c11-10(12,5-16)2-3-13-9-8-7(1-4-17-8)14-6-15-9/h1,4-6H,2-3H2,(H,13,14,15). The molecule has 0 saturated heterocycles. The molecule has 4 radical (unpaired) electrons. The van der Waals surface area contributed by atoms with E-state index in [4.69, 9.17) is 15.7 Å². The van der Waals surface area contributed by atoms with Crippen molar-refractivity contribution in [3.8, 4) is 0 Å². The van der Waals surface area contributed by atoms with Gasteiger partial charge in [0.2, 0.25) is 0 Å². The van der Waals surface area contributed by atoms with Crippen LogP contribution in [0.2, 0.25) is 5.21 Å². The minimum Gasteiger partial charge on any atom is -0.369 e. The van der Waals surface area contributed by atoms with Crippen LogP contribution in [0.25, 0.3) is 10.2 Å². The lowest BCUT2D eigenvalue weighted by molar-refractivity contribution is -0.108. The highest BCUT2D eigenvalue weighted by Gasteiger charge is 2.15. The number of nitrogens with zero attached hydrogens (tertiary/aromatic N) is 2. The van der Waals surface area contributed by atoms with Crippen molar-refractivity contribution in [3.63, 3.8) is 0 Å². The normalized spacial score (nSPS) is 11.5. The number of thiophene rings is 1. The molecule has 0 amide bonds. The smallest absolute Gasteiger partial charge is 0.147 e. The minimum atomic E-state index is -1.28. The highest BCUT2D eigenvalue weighted by Crippen LogP contribution is 2.25. The number of aromatic nitrogens is 2. The SMILES string of the molecule is [B]C([B])(C=O)CCNc1ncnc2ccsc12. The zero-order valence-corrected chi connectivity index (χ0v) is 9.91. The van der Waals surface area contributed by atoms with Crippen LogP contribution in [0.4, 0.5) is 5.82 Å². The van der Waals surface area contributed by atoms with E-state index >= 15 is 0 Å². The van der Waals surface area contributed by atoms with E-state index in [0.717, 1.165) is 16.0 Å². The van der Waals surface area contributed by atoms with Crippen molar-refractivity contribution in [2.45, 2.75) is 11.6 Å². The average Bonchev–Trinajstić information content (AvgIpc) is 2.78. The predicted octanol–water partition coefficient (Wildman–Crippen LogP) is 1.15. The van der Waals surface area contributed by atoms with Gasteiger partial charge < -0.3 is 10.1 Å². The Hall–Kier alpha value is -1.36. The molecule has 7 heteroatoms. The largest absolute Gasteiger partial charge is 0.369 e. The van der Waals surface area contributed by atoms with Gasteiger partial charge in [-0.25, -0.2) is 9.97 Å². The first-order valence-electron chi connectivity index (χ1n) is 5.08. The van der Waals surface area contributed by atoms with Crippen molar-refractivity contribution in [1.29, 1.82) is 0 Å². The monoisotopic (exact) mass is 241 g/mol. The number of fused-ring (bicyclic) bond motifs is 1. The lowest BCUT2D eigenvalue weighted by atomic mass is 9.54. The maximum absolute atomic E-state index is 10.5. The van der Waals surface area contributed by atoms with Gasteiger partial charge in [0.1, 0.15) is 18.4 Å². The summed E-state index contributed by atoms with van der Waals surface area (Å²) in [6.07, 6.45) is 2.39. The van der Waals surface area contributed by atoms with Gasteiger partial charge in [-0.05, 0) is 23.1 Å². The maximum atomic E-state index is 10.5. The first kappa shape index (κ1) is 12.1. The van der Waals surface area contributed by atoms with Gasteiger partial charge in [-0.15, -0.1) is 11.3 Å². The minimum absolute atomic E-state index is 0.341. The Bertz CT molecular complexity index is 529. The van der Waals surface area contributed by atoms with Crippen molar-refractivity contribution in [2.75, 3.05) is 11.9 Å². The highest BCUT2D eigenvalue weighted by atomic mass is 32.1. The molecule has 0 fully saturated rings. The van der Waals surface area contributed by atoms with Crippen molar-refractivity contribution in [1.82, 2.24) is 9.97 Å². The summed E-state index contributed by atoms with van der Waals surface area (Å²) in [7, 11) is 11.0. The molecule has 0 aliphatic carbocycles. The summed E-state index contributed by atoms with van der Waals surface area (Å²) >= 11 is 1.56. The van der Waals surface area contributed by atoms with Gasteiger partial charge in [-0.3, -0.25) is 0 Å². The van der Waals surface area contributed by atoms with Crippen LogP contribution in [0.1, 0.15) is 6.42 Å². The summed E-state index contributed by atoms with van der Waals surface area (Å²) in [5, 5.41) is 3.77. The van der Waals surface area contributed by atoms with Gasteiger partial charge in [-0.1, -0.05) is 0 Å². The molecule has 2 aromatic rings. The number of nitrogens with one attached hydrogen (secondary N) is 1. The fourth-order valence-electron chi connectivity index (χ4n) is 1.37. The van der Waals surface area contributed by atoms with E-state index in [1.807, 2.05) is 11.4 Å². The molecule has 0 unspecified atom stereocenters. The third-order valence-electron chi connectivity index (χ3n) is 2.31. The molecule has 2 rings (SSSR count). The predicted molar refractivity (Wildman–Crippen MR) is 70.8 cm³/mol. The van der Waals surface area contributed by atoms with Gasteiger partial charge in [-0.2, -0.15) is 0 Å². The first-order valence-corrected chi connectivity index (χ1v) is 5.96. The number of hydrogen-bond donors (Lipinski definition) is 1. The van der Waals surface area contributed by atoms with E-state index in [1.54, 1.807) is 11.3 Å². The third kappa shape index (κ3) is 2.85. The van der Waals surface area contributed by atoms with Crippen molar-refractivity contribution < 1.29 is 4.79 Å². The summed E-state index contributed by atoms with van der Waals surface area (Å²) < 4.78 is 0.984. The topological polar surface area (TPSA) is 54.9 Å². The number of carbonyl (C=O) groups is 1. The molecule has 0 aliphatic rings. The van der Waals surface area contributed by atoms with Gasteiger partial charge in [0.15, 0.2) is 0 Å². The number of carbonyl (C=O) groups excluding carboxylic acids is 1. The summed E-state index contributed by atoms with van der Waals surface area (Å²) in [5.74, 6) is 0.742. The zero-order chi connectivity index (χ0) is 12.3. The van der Waals surface area contributed by atoms with Crippen LogP contribution in [0.5, 0.6) is 0 Å². The van der Waals surface area contributed by atoms with E-state index < -0.39 is 5.21 Å². The number of rotatable bonds is 5. The fraction of sp³-hybridized carbons (Fsp3) is 0.300. The van der Waals surface area contributed by atoms with Crippen molar-refractivity contribution >= 4 is 49.3 Å². The molecule has 4 nitrogen and oxygen atoms in total. The molecule has 0 atom stereocenters.